The molecule has 0 radical (unpaired) electrons. The van der Waals surface area contributed by atoms with Gasteiger partial charge in [0, 0.05) is 11.6 Å². The molecule has 3 rings (SSSR count). The van der Waals surface area contributed by atoms with Gasteiger partial charge in [0.15, 0.2) is 11.5 Å². The van der Waals surface area contributed by atoms with E-state index >= 15 is 0 Å². The summed E-state index contributed by atoms with van der Waals surface area (Å²) in [5.74, 6) is 2.74. The lowest BCUT2D eigenvalue weighted by Gasteiger charge is -2.27. The van der Waals surface area contributed by atoms with Gasteiger partial charge in [-0.1, -0.05) is 44.7 Å². The highest BCUT2D eigenvalue weighted by Gasteiger charge is 2.25. The highest BCUT2D eigenvalue weighted by Crippen LogP contribution is 2.40. The normalized spacial score (nSPS) is 19.7. The van der Waals surface area contributed by atoms with Crippen molar-refractivity contribution < 1.29 is 9.47 Å². The van der Waals surface area contributed by atoms with Crippen molar-refractivity contribution in [3.8, 4) is 11.5 Å². The van der Waals surface area contributed by atoms with Gasteiger partial charge in [0.2, 0.25) is 0 Å². The van der Waals surface area contributed by atoms with Crippen LogP contribution in [0.4, 0.5) is 0 Å². The first-order valence-corrected chi connectivity index (χ1v) is 8.50. The van der Waals surface area contributed by atoms with Crippen molar-refractivity contribution in [1.82, 2.24) is 5.32 Å². The maximum absolute atomic E-state index is 5.92. The van der Waals surface area contributed by atoms with Crippen molar-refractivity contribution in [2.24, 2.45) is 5.92 Å². The molecule has 1 saturated carbocycles. The zero-order valence-electron chi connectivity index (χ0n) is 13.1. The second-order valence-electron chi connectivity index (χ2n) is 6.26. The van der Waals surface area contributed by atoms with E-state index in [0.29, 0.717) is 19.3 Å². The van der Waals surface area contributed by atoms with E-state index in [4.69, 9.17) is 9.47 Å². The van der Waals surface area contributed by atoms with Gasteiger partial charge in [-0.3, -0.25) is 0 Å². The van der Waals surface area contributed by atoms with Crippen LogP contribution in [-0.2, 0) is 0 Å². The number of rotatable bonds is 6. The Morgan fingerprint density at radius 2 is 2.00 bits per heavy atom. The molecule has 1 aliphatic carbocycles. The van der Waals surface area contributed by atoms with Crippen LogP contribution < -0.4 is 14.8 Å². The molecule has 1 unspecified atom stereocenters. The van der Waals surface area contributed by atoms with Gasteiger partial charge in [-0.05, 0) is 31.4 Å². The first-order valence-electron chi connectivity index (χ1n) is 8.50. The molecule has 2 aliphatic rings. The number of fused-ring (bicyclic) bond motifs is 1. The summed E-state index contributed by atoms with van der Waals surface area (Å²) in [6.07, 6.45) is 7.95. The summed E-state index contributed by atoms with van der Waals surface area (Å²) in [7, 11) is 0. The van der Waals surface area contributed by atoms with E-state index in [1.165, 1.54) is 37.7 Å². The summed E-state index contributed by atoms with van der Waals surface area (Å²) in [6, 6.07) is 6.71. The maximum atomic E-state index is 5.92. The summed E-state index contributed by atoms with van der Waals surface area (Å²) >= 11 is 0. The van der Waals surface area contributed by atoms with E-state index in [-0.39, 0.29) is 0 Å². The fourth-order valence-corrected chi connectivity index (χ4v) is 3.59. The number of hydrogen-bond donors (Lipinski definition) is 1. The van der Waals surface area contributed by atoms with Crippen molar-refractivity contribution in [2.45, 2.75) is 51.5 Å². The molecule has 1 heterocycles. The molecule has 0 bridgehead atoms. The van der Waals surface area contributed by atoms with Gasteiger partial charge in [-0.15, -0.1) is 0 Å². The molecule has 1 aliphatic heterocycles. The number of hydrogen-bond acceptors (Lipinski definition) is 3. The Labute approximate surface area is 128 Å². The van der Waals surface area contributed by atoms with Gasteiger partial charge >= 0.3 is 0 Å². The largest absolute Gasteiger partial charge is 0.486 e. The lowest BCUT2D eigenvalue weighted by atomic mass is 9.92. The first-order chi connectivity index (χ1) is 10.4. The smallest absolute Gasteiger partial charge is 0.166 e. The molecule has 21 heavy (non-hydrogen) atoms. The molecule has 1 aromatic carbocycles. The van der Waals surface area contributed by atoms with Crippen LogP contribution in [0.5, 0.6) is 11.5 Å². The van der Waals surface area contributed by atoms with Crippen LogP contribution >= 0.6 is 0 Å². The standard InChI is InChI=1S/C18H27NO2/c1-2-10-19-16(13-14-6-3-4-7-14)15-8-5-9-17-18(15)21-12-11-20-17/h5,8-9,14,16,19H,2-4,6-7,10-13H2,1H3. The van der Waals surface area contributed by atoms with Gasteiger partial charge in [0.25, 0.3) is 0 Å². The van der Waals surface area contributed by atoms with Crippen LogP contribution in [0.25, 0.3) is 0 Å². The fourth-order valence-electron chi connectivity index (χ4n) is 3.59. The summed E-state index contributed by atoms with van der Waals surface area (Å²) in [6.45, 7) is 4.60. The molecule has 116 valence electrons. The molecular formula is C18H27NO2. The van der Waals surface area contributed by atoms with Crippen molar-refractivity contribution in [2.75, 3.05) is 19.8 Å². The Morgan fingerprint density at radius 3 is 2.81 bits per heavy atom. The SMILES string of the molecule is CCCNC(CC1CCCC1)c1cccc2c1OCCO2. The zero-order valence-corrected chi connectivity index (χ0v) is 13.1. The highest BCUT2D eigenvalue weighted by molar-refractivity contribution is 5.49. The van der Waals surface area contributed by atoms with E-state index < -0.39 is 0 Å². The molecule has 3 nitrogen and oxygen atoms in total. The molecule has 0 spiro atoms. The molecule has 1 fully saturated rings. The molecule has 1 N–H and O–H groups in total. The van der Waals surface area contributed by atoms with E-state index in [2.05, 4.69) is 24.4 Å². The van der Waals surface area contributed by atoms with Gasteiger partial charge in [-0.25, -0.2) is 0 Å². The highest BCUT2D eigenvalue weighted by atomic mass is 16.6. The third kappa shape index (κ3) is 3.52. The number of benzene rings is 1. The quantitative estimate of drug-likeness (QED) is 0.856. The molecule has 1 atom stereocenters. The van der Waals surface area contributed by atoms with E-state index in [9.17, 15) is 0 Å². The Bertz CT molecular complexity index is 455. The topological polar surface area (TPSA) is 30.5 Å². The average molecular weight is 289 g/mol. The minimum Gasteiger partial charge on any atom is -0.486 e. The lowest BCUT2D eigenvalue weighted by molar-refractivity contribution is 0.168. The fraction of sp³-hybridized carbons (Fsp3) is 0.667. The van der Waals surface area contributed by atoms with Gasteiger partial charge < -0.3 is 14.8 Å². The molecule has 1 aromatic rings. The minimum absolute atomic E-state index is 0.393. The van der Waals surface area contributed by atoms with E-state index in [1.54, 1.807) is 0 Å². The summed E-state index contributed by atoms with van der Waals surface area (Å²) in [4.78, 5) is 0. The predicted octanol–water partition coefficient (Wildman–Crippen LogP) is 4.08. The molecular weight excluding hydrogens is 262 g/mol. The van der Waals surface area contributed by atoms with E-state index in [1.807, 2.05) is 6.07 Å². The summed E-state index contributed by atoms with van der Waals surface area (Å²) in [5, 5.41) is 3.73. The Balaban J connectivity index is 1.80. The Hall–Kier alpha value is -1.22. The number of para-hydroxylation sites is 1. The minimum atomic E-state index is 0.393. The number of nitrogens with one attached hydrogen (secondary N) is 1. The van der Waals surface area contributed by atoms with Crippen LogP contribution in [0.1, 0.15) is 57.1 Å². The molecule has 3 heteroatoms. The third-order valence-corrected chi connectivity index (χ3v) is 4.66. The first kappa shape index (κ1) is 14.7. The Morgan fingerprint density at radius 1 is 1.19 bits per heavy atom. The van der Waals surface area contributed by atoms with Gasteiger partial charge in [0.1, 0.15) is 13.2 Å². The lowest BCUT2D eigenvalue weighted by Crippen LogP contribution is -2.26. The monoisotopic (exact) mass is 289 g/mol. The van der Waals surface area contributed by atoms with Crippen molar-refractivity contribution >= 4 is 0 Å². The van der Waals surface area contributed by atoms with Crippen LogP contribution in [0.15, 0.2) is 18.2 Å². The molecule has 0 saturated heterocycles. The van der Waals surface area contributed by atoms with Crippen LogP contribution in [0.3, 0.4) is 0 Å². The van der Waals surface area contributed by atoms with Crippen LogP contribution in [0, 0.1) is 5.92 Å². The van der Waals surface area contributed by atoms with Crippen molar-refractivity contribution in [3.63, 3.8) is 0 Å². The van der Waals surface area contributed by atoms with Crippen molar-refractivity contribution in [1.29, 1.82) is 0 Å². The van der Waals surface area contributed by atoms with Crippen LogP contribution in [0.2, 0.25) is 0 Å². The summed E-state index contributed by atoms with van der Waals surface area (Å²) in [5.41, 5.74) is 1.28. The molecule has 0 aromatic heterocycles. The zero-order chi connectivity index (χ0) is 14.5. The Kier molecular flexibility index (Phi) is 5.02. The van der Waals surface area contributed by atoms with Gasteiger partial charge in [-0.2, -0.15) is 0 Å². The van der Waals surface area contributed by atoms with Crippen LogP contribution in [-0.4, -0.2) is 19.8 Å². The molecule has 0 amide bonds. The summed E-state index contributed by atoms with van der Waals surface area (Å²) < 4.78 is 11.7. The second kappa shape index (κ2) is 7.17. The maximum Gasteiger partial charge on any atom is 0.166 e. The van der Waals surface area contributed by atoms with E-state index in [0.717, 1.165) is 30.4 Å². The third-order valence-electron chi connectivity index (χ3n) is 4.66. The van der Waals surface area contributed by atoms with Gasteiger partial charge in [0.05, 0.1) is 0 Å². The second-order valence-corrected chi connectivity index (χ2v) is 6.26. The average Bonchev–Trinajstić information content (AvgIpc) is 3.04. The number of ether oxygens (including phenoxy) is 2. The van der Waals surface area contributed by atoms with Crippen molar-refractivity contribution in [3.05, 3.63) is 23.8 Å². The predicted molar refractivity (Wildman–Crippen MR) is 85.0 cm³/mol.